The molecule has 1 saturated carbocycles. The number of nitrogens with zero attached hydrogens (tertiary/aromatic N) is 2. The number of nitrogen functional groups attached to an aromatic ring is 1. The van der Waals surface area contributed by atoms with Crippen molar-refractivity contribution in [2.45, 2.75) is 44.1 Å². The van der Waals surface area contributed by atoms with E-state index in [1.807, 2.05) is 18.7 Å². The number of ether oxygens (including phenoxy) is 1. The minimum Gasteiger partial charge on any atom is -0.384 e. The second kappa shape index (κ2) is 6.96. The van der Waals surface area contributed by atoms with Crippen LogP contribution in [0.4, 0.5) is 11.6 Å². The fourth-order valence-corrected chi connectivity index (χ4v) is 3.35. The lowest BCUT2D eigenvalue weighted by molar-refractivity contribution is 0.128. The highest BCUT2D eigenvalue weighted by Gasteiger charge is 2.26. The minimum atomic E-state index is 0.410. The molecule has 6 heteroatoms. The number of rotatable bonds is 6. The predicted molar refractivity (Wildman–Crippen MR) is 80.3 cm³/mol. The Bertz CT molecular complexity index is 416. The lowest BCUT2D eigenvalue weighted by atomic mass is 10.2. The van der Waals surface area contributed by atoms with Gasteiger partial charge in [-0.05, 0) is 26.0 Å². The summed E-state index contributed by atoms with van der Waals surface area (Å²) in [5.41, 5.74) is 5.82. The summed E-state index contributed by atoms with van der Waals surface area (Å²) in [4.78, 5) is 8.65. The van der Waals surface area contributed by atoms with Crippen LogP contribution in [0.25, 0.3) is 0 Å². The summed E-state index contributed by atoms with van der Waals surface area (Å²) in [6.45, 7) is 3.01. The molecule has 3 N–H and O–H groups in total. The van der Waals surface area contributed by atoms with Gasteiger partial charge in [0, 0.05) is 24.0 Å². The summed E-state index contributed by atoms with van der Waals surface area (Å²) in [7, 11) is 0. The Balaban J connectivity index is 2.04. The second-order valence-corrected chi connectivity index (χ2v) is 5.76. The van der Waals surface area contributed by atoms with Gasteiger partial charge in [0.2, 0.25) is 0 Å². The van der Waals surface area contributed by atoms with Gasteiger partial charge in [-0.25, -0.2) is 9.97 Å². The number of hydrogen-bond acceptors (Lipinski definition) is 6. The van der Waals surface area contributed by atoms with E-state index in [-0.39, 0.29) is 0 Å². The maximum absolute atomic E-state index is 5.82. The minimum absolute atomic E-state index is 0.410. The molecule has 5 nitrogen and oxygen atoms in total. The first kappa shape index (κ1) is 14.4. The molecule has 0 aliphatic heterocycles. The third-order valence-electron chi connectivity index (χ3n) is 3.32. The van der Waals surface area contributed by atoms with Crippen molar-refractivity contribution in [1.82, 2.24) is 9.97 Å². The van der Waals surface area contributed by atoms with Crippen molar-refractivity contribution in [2.75, 3.05) is 23.9 Å². The number of nitrogens with two attached hydrogens (primary N) is 1. The lowest BCUT2D eigenvalue weighted by Crippen LogP contribution is -2.26. The molecule has 2 unspecified atom stereocenters. The average Bonchev–Trinajstić information content (AvgIpc) is 2.83. The van der Waals surface area contributed by atoms with E-state index >= 15 is 0 Å². The molecule has 0 saturated heterocycles. The Labute approximate surface area is 118 Å². The molecule has 1 fully saturated rings. The molecule has 2 rings (SSSR count). The number of anilines is 2. The Morgan fingerprint density at radius 3 is 3.05 bits per heavy atom. The molecular formula is C13H22N4OS. The predicted octanol–water partition coefficient (Wildman–Crippen LogP) is 2.29. The van der Waals surface area contributed by atoms with Gasteiger partial charge in [0.05, 0.1) is 0 Å². The number of hydrogen-bond donors (Lipinski definition) is 2. The van der Waals surface area contributed by atoms with E-state index in [9.17, 15) is 0 Å². The quantitative estimate of drug-likeness (QED) is 0.834. The highest BCUT2D eigenvalue weighted by molar-refractivity contribution is 7.99. The number of thioether (sulfide) groups is 1. The zero-order valence-electron chi connectivity index (χ0n) is 11.6. The summed E-state index contributed by atoms with van der Waals surface area (Å²) in [6, 6.07) is 2.27. The van der Waals surface area contributed by atoms with Crippen LogP contribution in [0, 0.1) is 0 Å². The third kappa shape index (κ3) is 3.98. The van der Waals surface area contributed by atoms with Crippen molar-refractivity contribution in [3.63, 3.8) is 0 Å². The first-order chi connectivity index (χ1) is 9.22. The first-order valence-electron chi connectivity index (χ1n) is 6.73. The van der Waals surface area contributed by atoms with Gasteiger partial charge in [0.25, 0.3) is 0 Å². The van der Waals surface area contributed by atoms with Gasteiger partial charge in [0.15, 0.2) is 5.82 Å². The van der Waals surface area contributed by atoms with Crippen LogP contribution in [-0.2, 0) is 11.3 Å². The molecule has 1 aliphatic carbocycles. The third-order valence-corrected chi connectivity index (χ3v) is 4.49. The van der Waals surface area contributed by atoms with Crippen LogP contribution in [0.5, 0.6) is 0 Å². The van der Waals surface area contributed by atoms with E-state index in [1.54, 1.807) is 6.07 Å². The summed E-state index contributed by atoms with van der Waals surface area (Å²) >= 11 is 1.92. The molecule has 106 valence electrons. The number of aromatic nitrogens is 2. The zero-order chi connectivity index (χ0) is 13.7. The van der Waals surface area contributed by atoms with Gasteiger partial charge in [0.1, 0.15) is 18.2 Å². The van der Waals surface area contributed by atoms with Crippen LogP contribution < -0.4 is 11.1 Å². The van der Waals surface area contributed by atoms with Crippen molar-refractivity contribution < 1.29 is 4.74 Å². The van der Waals surface area contributed by atoms with Gasteiger partial charge >= 0.3 is 0 Å². The van der Waals surface area contributed by atoms with E-state index in [0.29, 0.717) is 36.1 Å². The van der Waals surface area contributed by atoms with Gasteiger partial charge in [-0.2, -0.15) is 11.8 Å². The van der Waals surface area contributed by atoms with E-state index in [0.717, 1.165) is 5.82 Å². The normalized spacial score (nSPS) is 22.6. The van der Waals surface area contributed by atoms with Crippen molar-refractivity contribution in [1.29, 1.82) is 0 Å². The van der Waals surface area contributed by atoms with Crippen LogP contribution >= 0.6 is 11.8 Å². The lowest BCUT2D eigenvalue weighted by Gasteiger charge is -2.20. The molecule has 0 amide bonds. The van der Waals surface area contributed by atoms with E-state index in [1.165, 1.54) is 19.3 Å². The van der Waals surface area contributed by atoms with Gasteiger partial charge < -0.3 is 15.8 Å². The van der Waals surface area contributed by atoms with Gasteiger partial charge in [-0.3, -0.25) is 0 Å². The Morgan fingerprint density at radius 1 is 1.47 bits per heavy atom. The highest BCUT2D eigenvalue weighted by Crippen LogP contribution is 2.30. The summed E-state index contributed by atoms with van der Waals surface area (Å²) in [5.74, 6) is 1.95. The van der Waals surface area contributed by atoms with Crippen molar-refractivity contribution >= 4 is 23.4 Å². The monoisotopic (exact) mass is 282 g/mol. The largest absolute Gasteiger partial charge is 0.384 e. The van der Waals surface area contributed by atoms with E-state index < -0.39 is 0 Å². The molecule has 0 aromatic carbocycles. The van der Waals surface area contributed by atoms with E-state index in [2.05, 4.69) is 21.5 Å². The van der Waals surface area contributed by atoms with Crippen LogP contribution in [0.2, 0.25) is 0 Å². The fourth-order valence-electron chi connectivity index (χ4n) is 2.41. The Morgan fingerprint density at radius 2 is 2.32 bits per heavy atom. The summed E-state index contributed by atoms with van der Waals surface area (Å²) in [6.07, 6.45) is 5.90. The molecule has 0 spiro atoms. The second-order valence-electron chi connectivity index (χ2n) is 4.69. The molecule has 19 heavy (non-hydrogen) atoms. The molecule has 1 aromatic heterocycles. The average molecular weight is 282 g/mol. The summed E-state index contributed by atoms with van der Waals surface area (Å²) in [5, 5.41) is 4.15. The molecule has 0 bridgehead atoms. The smallest absolute Gasteiger partial charge is 0.158 e. The van der Waals surface area contributed by atoms with Crippen LogP contribution in [0.1, 0.15) is 32.0 Å². The molecule has 0 radical (unpaired) electrons. The standard InChI is InChI=1S/C13H22N4OS/c1-3-18-8-13-16-11(14)7-12(17-13)15-9-5-4-6-10(9)19-2/h7,9-10H,3-6,8H2,1-2H3,(H3,14,15,16,17). The van der Waals surface area contributed by atoms with Crippen LogP contribution in [-0.4, -0.2) is 34.1 Å². The van der Waals surface area contributed by atoms with E-state index in [4.69, 9.17) is 10.5 Å². The van der Waals surface area contributed by atoms with Crippen molar-refractivity contribution in [2.24, 2.45) is 0 Å². The topological polar surface area (TPSA) is 73.1 Å². The zero-order valence-corrected chi connectivity index (χ0v) is 12.4. The first-order valence-corrected chi connectivity index (χ1v) is 8.02. The van der Waals surface area contributed by atoms with Gasteiger partial charge in [-0.15, -0.1) is 0 Å². The van der Waals surface area contributed by atoms with Crippen LogP contribution in [0.15, 0.2) is 6.07 Å². The fraction of sp³-hybridized carbons (Fsp3) is 0.692. The van der Waals surface area contributed by atoms with Crippen molar-refractivity contribution in [3.05, 3.63) is 11.9 Å². The van der Waals surface area contributed by atoms with Crippen molar-refractivity contribution in [3.8, 4) is 0 Å². The molecule has 1 heterocycles. The maximum atomic E-state index is 5.82. The highest BCUT2D eigenvalue weighted by atomic mass is 32.2. The molecule has 1 aromatic rings. The van der Waals surface area contributed by atoms with Crippen LogP contribution in [0.3, 0.4) is 0 Å². The molecule has 1 aliphatic rings. The SMILES string of the molecule is CCOCc1nc(N)cc(NC2CCCC2SC)n1. The Kier molecular flexibility index (Phi) is 5.27. The maximum Gasteiger partial charge on any atom is 0.158 e. The Hall–Kier alpha value is -1.01. The molecule has 2 atom stereocenters. The van der Waals surface area contributed by atoms with Gasteiger partial charge in [-0.1, -0.05) is 6.42 Å². The molecular weight excluding hydrogens is 260 g/mol. The summed E-state index contributed by atoms with van der Waals surface area (Å²) < 4.78 is 5.33. The number of nitrogens with one attached hydrogen (secondary N) is 1.